The highest BCUT2D eigenvalue weighted by molar-refractivity contribution is 7.81. The number of pyridine rings is 1. The molecule has 136 valence electrons. The summed E-state index contributed by atoms with van der Waals surface area (Å²) in [6.07, 6.45) is 6.66. The standard InChI is InChI=1S/C17H21B3N4O2S/c1-3-14-16(24(11-25)17(18,19)20)23-10-13(4-5-15(23)21-14)12-6-8-22(9-7-12)27(2)26/h4-5,10-12H,3,6-9H2,1-2H3. The molecule has 27 heavy (non-hydrogen) atoms. The van der Waals surface area contributed by atoms with Crippen LogP contribution in [0, 0.1) is 0 Å². The largest absolute Gasteiger partial charge is 0.319 e. The number of fused-ring (bicyclic) bond motifs is 1. The highest BCUT2D eigenvalue weighted by Crippen LogP contribution is 2.31. The predicted molar refractivity (Wildman–Crippen MR) is 111 cm³/mol. The first-order chi connectivity index (χ1) is 12.8. The number of hydrogen-bond acceptors (Lipinski definition) is 3. The van der Waals surface area contributed by atoms with Crippen LogP contribution in [0.2, 0.25) is 0 Å². The van der Waals surface area contributed by atoms with Gasteiger partial charge in [0.2, 0.25) is 6.41 Å². The molecule has 0 aliphatic carbocycles. The maximum atomic E-state index is 11.7. The molecule has 0 aromatic carbocycles. The van der Waals surface area contributed by atoms with Gasteiger partial charge in [0.25, 0.3) is 0 Å². The number of carbonyl (C=O) groups excluding carboxylic acids is 1. The number of imidazole rings is 1. The number of aryl methyl sites for hydroxylation is 1. The fourth-order valence-corrected chi connectivity index (χ4v) is 4.33. The van der Waals surface area contributed by atoms with E-state index in [4.69, 9.17) is 23.5 Å². The minimum Gasteiger partial charge on any atom is -0.319 e. The molecule has 3 heterocycles. The van der Waals surface area contributed by atoms with Crippen LogP contribution in [0.1, 0.15) is 36.9 Å². The summed E-state index contributed by atoms with van der Waals surface area (Å²) in [6.45, 7) is 3.53. The van der Waals surface area contributed by atoms with Gasteiger partial charge in [0.05, 0.1) is 40.2 Å². The Kier molecular flexibility index (Phi) is 5.86. The third kappa shape index (κ3) is 4.01. The maximum Gasteiger partial charge on any atom is 0.213 e. The van der Waals surface area contributed by atoms with E-state index in [-0.39, 0.29) is 0 Å². The first kappa shape index (κ1) is 20.2. The van der Waals surface area contributed by atoms with Crippen molar-refractivity contribution in [3.05, 3.63) is 29.6 Å². The Morgan fingerprint density at radius 1 is 1.33 bits per heavy atom. The maximum absolute atomic E-state index is 11.7. The van der Waals surface area contributed by atoms with E-state index in [0.717, 1.165) is 36.4 Å². The van der Waals surface area contributed by atoms with Gasteiger partial charge in [-0.15, -0.1) is 0 Å². The van der Waals surface area contributed by atoms with Gasteiger partial charge in [0.1, 0.15) is 11.5 Å². The van der Waals surface area contributed by atoms with Gasteiger partial charge < -0.3 is 4.90 Å². The zero-order valence-electron chi connectivity index (χ0n) is 15.7. The van der Waals surface area contributed by atoms with E-state index < -0.39 is 16.2 Å². The summed E-state index contributed by atoms with van der Waals surface area (Å²) in [7, 11) is 16.5. The van der Waals surface area contributed by atoms with Crippen LogP contribution in [0.3, 0.4) is 0 Å². The Hall–Kier alpha value is -1.54. The molecule has 1 amide bonds. The minimum absolute atomic E-state index is 0.345. The molecule has 2 aromatic rings. The average molecular weight is 378 g/mol. The van der Waals surface area contributed by atoms with Crippen LogP contribution < -0.4 is 4.90 Å². The van der Waals surface area contributed by atoms with E-state index in [0.29, 0.717) is 35.9 Å². The highest BCUT2D eigenvalue weighted by Gasteiger charge is 2.27. The van der Waals surface area contributed by atoms with Crippen molar-refractivity contribution in [2.24, 2.45) is 0 Å². The van der Waals surface area contributed by atoms with Crippen molar-refractivity contribution in [1.29, 1.82) is 0 Å². The molecule has 1 aliphatic rings. The second-order valence-electron chi connectivity index (χ2n) is 6.92. The molecule has 0 saturated carbocycles. The molecular weight excluding hydrogens is 357 g/mol. The van der Waals surface area contributed by atoms with Gasteiger partial charge in [0, 0.05) is 25.5 Å². The number of piperidine rings is 1. The lowest BCUT2D eigenvalue weighted by molar-refractivity contribution is -0.107. The van der Waals surface area contributed by atoms with E-state index in [2.05, 4.69) is 11.1 Å². The van der Waals surface area contributed by atoms with Crippen LogP contribution >= 0.6 is 0 Å². The van der Waals surface area contributed by atoms with Gasteiger partial charge in [-0.05, 0) is 36.8 Å². The van der Waals surface area contributed by atoms with Crippen molar-refractivity contribution in [3.8, 4) is 0 Å². The smallest absolute Gasteiger partial charge is 0.213 e. The third-order valence-corrected chi connectivity index (χ3v) is 6.15. The summed E-state index contributed by atoms with van der Waals surface area (Å²) < 4.78 is 15.5. The van der Waals surface area contributed by atoms with Crippen LogP contribution in [-0.4, -0.2) is 72.4 Å². The highest BCUT2D eigenvalue weighted by atomic mass is 32.2. The zero-order valence-corrected chi connectivity index (χ0v) is 16.5. The predicted octanol–water partition coefficient (Wildman–Crippen LogP) is 0.449. The summed E-state index contributed by atoms with van der Waals surface area (Å²) >= 11 is 0. The molecule has 1 fully saturated rings. The molecule has 1 atom stereocenters. The normalized spacial score (nSPS) is 17.9. The van der Waals surface area contributed by atoms with Gasteiger partial charge in [-0.1, -0.05) is 18.2 Å². The second-order valence-corrected chi connectivity index (χ2v) is 8.28. The Labute approximate surface area is 166 Å². The molecule has 0 spiro atoms. The summed E-state index contributed by atoms with van der Waals surface area (Å²) in [6, 6.07) is 3.98. The van der Waals surface area contributed by atoms with Crippen molar-refractivity contribution in [3.63, 3.8) is 0 Å². The fraction of sp³-hybridized carbons (Fsp3) is 0.529. The van der Waals surface area contributed by atoms with Crippen LogP contribution in [0.25, 0.3) is 5.65 Å². The van der Waals surface area contributed by atoms with Crippen LogP contribution in [0.15, 0.2) is 18.3 Å². The summed E-state index contributed by atoms with van der Waals surface area (Å²) in [5.41, 5.74) is 2.53. The molecule has 0 N–H and O–H groups in total. The Morgan fingerprint density at radius 3 is 2.52 bits per heavy atom. The van der Waals surface area contributed by atoms with Gasteiger partial charge in [-0.3, -0.25) is 9.20 Å². The number of nitrogens with zero attached hydrogens (tertiary/aromatic N) is 4. The van der Waals surface area contributed by atoms with Gasteiger partial charge >= 0.3 is 0 Å². The number of rotatable bonds is 6. The number of hydrogen-bond donors (Lipinski definition) is 0. The lowest BCUT2D eigenvalue weighted by Gasteiger charge is -2.34. The zero-order chi connectivity index (χ0) is 19.8. The molecular formula is C17H21B3N4O2S. The topological polar surface area (TPSA) is 57.9 Å². The number of aromatic nitrogens is 2. The molecule has 1 unspecified atom stereocenters. The van der Waals surface area contributed by atoms with Crippen molar-refractivity contribution in [2.75, 3.05) is 24.2 Å². The van der Waals surface area contributed by atoms with Crippen molar-refractivity contribution < 1.29 is 9.00 Å². The monoisotopic (exact) mass is 378 g/mol. The molecule has 2 aromatic heterocycles. The Morgan fingerprint density at radius 2 is 2.00 bits per heavy atom. The lowest BCUT2D eigenvalue weighted by atomic mass is 9.48. The molecule has 10 heteroatoms. The van der Waals surface area contributed by atoms with E-state index in [1.807, 2.05) is 27.9 Å². The van der Waals surface area contributed by atoms with E-state index in [9.17, 15) is 9.00 Å². The SMILES string of the molecule is [B]C([B])([B])N(C=O)c1c(CC)nc2ccc(C3CCN(S(C)=O)CC3)cn12. The first-order valence-electron chi connectivity index (χ1n) is 8.96. The van der Waals surface area contributed by atoms with Crippen LogP contribution in [0.5, 0.6) is 0 Å². The molecule has 6 radical (unpaired) electrons. The minimum atomic E-state index is -1.83. The quantitative estimate of drug-likeness (QED) is 0.542. The molecule has 3 rings (SSSR count). The third-order valence-electron chi connectivity index (χ3n) is 5.06. The average Bonchev–Trinajstić information content (AvgIpc) is 2.99. The number of amides is 1. The van der Waals surface area contributed by atoms with Gasteiger partial charge in [-0.2, -0.15) is 0 Å². The summed E-state index contributed by atoms with van der Waals surface area (Å²) in [4.78, 5) is 17.4. The molecule has 1 aliphatic heterocycles. The van der Waals surface area contributed by atoms with Crippen LogP contribution in [0.4, 0.5) is 5.82 Å². The molecule has 0 bridgehead atoms. The van der Waals surface area contributed by atoms with E-state index in [1.54, 1.807) is 6.26 Å². The van der Waals surface area contributed by atoms with Crippen molar-refractivity contribution in [1.82, 2.24) is 13.7 Å². The molecule has 6 nitrogen and oxygen atoms in total. The Bertz CT molecular complexity index is 860. The van der Waals surface area contributed by atoms with Crippen molar-refractivity contribution >= 4 is 52.4 Å². The van der Waals surface area contributed by atoms with Crippen LogP contribution in [-0.2, 0) is 22.2 Å². The van der Waals surface area contributed by atoms with Gasteiger partial charge in [-0.25, -0.2) is 13.5 Å². The Balaban J connectivity index is 2.00. The number of carbonyl (C=O) groups is 1. The van der Waals surface area contributed by atoms with Crippen molar-refractivity contribution in [2.45, 2.75) is 37.3 Å². The first-order valence-corrected chi connectivity index (χ1v) is 10.5. The number of anilines is 1. The summed E-state index contributed by atoms with van der Waals surface area (Å²) in [5.74, 6) is 0.835. The van der Waals surface area contributed by atoms with E-state index >= 15 is 0 Å². The molecule has 1 saturated heterocycles. The summed E-state index contributed by atoms with van der Waals surface area (Å²) in [5, 5.41) is -1.83. The fourth-order valence-electron chi connectivity index (χ4n) is 3.60. The van der Waals surface area contributed by atoms with Gasteiger partial charge in [0.15, 0.2) is 0 Å². The lowest BCUT2D eigenvalue weighted by Crippen LogP contribution is -2.51. The second kappa shape index (κ2) is 7.83. The van der Waals surface area contributed by atoms with E-state index in [1.165, 1.54) is 0 Å².